The maximum absolute atomic E-state index is 15.0. The number of thiazole rings is 1. The standard InChI is InChI=1S/C33H35FN4O6S2/c1-33(2,42)22-10-11-37(30(39)15-22)23-5-3-4-21(14-23)27-16-24(31-36-26(18-45-31)32(40)41)28(13-19-6-7-19)38(27)17-20-8-9-29(25(34)12-20)46(35,43)44/h3-5,8-9,12,14,16,18-19,22,42H,6-7,10-11,13,15,17H2,1-2H3,(H,40,41)(H2,35,43,44). The summed E-state index contributed by atoms with van der Waals surface area (Å²) in [7, 11) is -4.24. The average molecular weight is 667 g/mol. The number of amides is 1. The molecule has 10 nitrogen and oxygen atoms in total. The Morgan fingerprint density at radius 1 is 1.15 bits per heavy atom. The van der Waals surface area contributed by atoms with Gasteiger partial charge in [-0.2, -0.15) is 0 Å². The van der Waals surface area contributed by atoms with E-state index in [1.54, 1.807) is 18.7 Å². The van der Waals surface area contributed by atoms with Crippen LogP contribution in [0.3, 0.4) is 0 Å². The van der Waals surface area contributed by atoms with Crippen LogP contribution in [0.25, 0.3) is 21.8 Å². The molecule has 4 N–H and O–H groups in total. The number of nitrogens with two attached hydrogens (primary N) is 1. The molecule has 2 aliphatic rings. The van der Waals surface area contributed by atoms with E-state index >= 15 is 0 Å². The molecule has 6 rings (SSSR count). The molecule has 13 heteroatoms. The van der Waals surface area contributed by atoms with Crippen molar-refractivity contribution < 1.29 is 32.6 Å². The SMILES string of the molecule is CC(C)(O)C1CCN(c2cccc(-c3cc(-c4nc(C(=O)O)cs4)c(CC4CC4)n3Cc3ccc(S(N)(=O)=O)c(F)c3)c2)C(=O)C1. The first kappa shape index (κ1) is 32.0. The number of aromatic carboxylic acids is 1. The molecule has 0 spiro atoms. The molecule has 1 amide bonds. The van der Waals surface area contributed by atoms with Crippen LogP contribution < -0.4 is 10.0 Å². The zero-order valence-electron chi connectivity index (χ0n) is 25.4. The number of nitrogens with zero attached hydrogens (tertiary/aromatic N) is 3. The van der Waals surface area contributed by atoms with Crippen LogP contribution in [-0.2, 0) is 27.8 Å². The molecular formula is C33H35FN4O6S2. The van der Waals surface area contributed by atoms with Crippen molar-refractivity contribution in [2.45, 2.75) is 63.0 Å². The summed E-state index contributed by atoms with van der Waals surface area (Å²) in [5.74, 6) is -1.85. The monoisotopic (exact) mass is 666 g/mol. The molecule has 0 bridgehead atoms. The Labute approximate surface area is 270 Å². The van der Waals surface area contributed by atoms with Crippen molar-refractivity contribution in [1.29, 1.82) is 0 Å². The number of sulfonamides is 1. The van der Waals surface area contributed by atoms with Crippen LogP contribution in [-0.4, -0.2) is 52.2 Å². The number of carbonyl (C=O) groups excluding carboxylic acids is 1. The lowest BCUT2D eigenvalue weighted by molar-refractivity contribution is -0.123. The maximum Gasteiger partial charge on any atom is 0.355 e. The Bertz CT molecular complexity index is 1940. The van der Waals surface area contributed by atoms with Gasteiger partial charge >= 0.3 is 5.97 Å². The van der Waals surface area contributed by atoms with Gasteiger partial charge in [0.05, 0.1) is 5.60 Å². The number of rotatable bonds is 10. The van der Waals surface area contributed by atoms with Gasteiger partial charge in [0, 0.05) is 53.1 Å². The second-order valence-electron chi connectivity index (χ2n) is 12.7. The van der Waals surface area contributed by atoms with Gasteiger partial charge < -0.3 is 19.7 Å². The van der Waals surface area contributed by atoms with Gasteiger partial charge in [0.15, 0.2) is 5.69 Å². The average Bonchev–Trinajstić information content (AvgIpc) is 3.53. The first-order valence-corrected chi connectivity index (χ1v) is 17.5. The summed E-state index contributed by atoms with van der Waals surface area (Å²) in [6, 6.07) is 13.4. The highest BCUT2D eigenvalue weighted by Crippen LogP contribution is 2.42. The molecule has 1 aliphatic carbocycles. The lowest BCUT2D eigenvalue weighted by Crippen LogP contribution is -2.45. The van der Waals surface area contributed by atoms with Crippen molar-refractivity contribution in [3.05, 3.63) is 76.7 Å². The molecule has 46 heavy (non-hydrogen) atoms. The minimum Gasteiger partial charge on any atom is -0.476 e. The fourth-order valence-corrected chi connectivity index (χ4v) is 7.52. The number of aromatic nitrogens is 2. The molecule has 1 saturated heterocycles. The Balaban J connectivity index is 1.46. The van der Waals surface area contributed by atoms with E-state index in [1.165, 1.54) is 22.8 Å². The molecule has 1 atom stereocenters. The number of piperidine rings is 1. The number of primary sulfonamides is 1. The lowest BCUT2D eigenvalue weighted by Gasteiger charge is -2.37. The van der Waals surface area contributed by atoms with E-state index in [4.69, 9.17) is 5.14 Å². The van der Waals surface area contributed by atoms with Gasteiger partial charge in [-0.25, -0.2) is 27.7 Å². The van der Waals surface area contributed by atoms with Crippen molar-refractivity contribution >= 4 is 38.9 Å². The lowest BCUT2D eigenvalue weighted by atomic mass is 9.82. The van der Waals surface area contributed by atoms with Crippen molar-refractivity contribution in [2.75, 3.05) is 11.4 Å². The number of halogens is 1. The van der Waals surface area contributed by atoms with Crippen LogP contribution in [0, 0.1) is 17.7 Å². The van der Waals surface area contributed by atoms with E-state index in [1.807, 2.05) is 34.9 Å². The first-order chi connectivity index (χ1) is 21.7. The zero-order valence-corrected chi connectivity index (χ0v) is 27.1. The number of carboxylic acids is 1. The van der Waals surface area contributed by atoms with Crippen LogP contribution in [0.1, 0.15) is 61.3 Å². The van der Waals surface area contributed by atoms with Gasteiger partial charge in [-0.3, -0.25) is 4.79 Å². The normalized spacial score (nSPS) is 17.5. The second-order valence-corrected chi connectivity index (χ2v) is 15.1. The van der Waals surface area contributed by atoms with Crippen LogP contribution in [0.2, 0.25) is 0 Å². The van der Waals surface area contributed by atoms with Gasteiger partial charge in [0.25, 0.3) is 0 Å². The highest BCUT2D eigenvalue weighted by Gasteiger charge is 2.35. The van der Waals surface area contributed by atoms with Crippen LogP contribution in [0.4, 0.5) is 10.1 Å². The van der Waals surface area contributed by atoms with Gasteiger partial charge in [-0.15, -0.1) is 11.3 Å². The number of benzene rings is 2. The summed E-state index contributed by atoms with van der Waals surface area (Å²) in [6.45, 7) is 4.10. The Kier molecular flexibility index (Phi) is 8.38. The van der Waals surface area contributed by atoms with E-state index in [0.29, 0.717) is 41.6 Å². The van der Waals surface area contributed by atoms with Crippen molar-refractivity contribution in [3.63, 3.8) is 0 Å². The molecule has 2 aromatic heterocycles. The Morgan fingerprint density at radius 2 is 1.91 bits per heavy atom. The molecule has 1 saturated carbocycles. The minimum absolute atomic E-state index is 0.0534. The van der Waals surface area contributed by atoms with Gasteiger partial charge in [-0.05, 0) is 87.3 Å². The largest absolute Gasteiger partial charge is 0.476 e. The second kappa shape index (κ2) is 12.0. The third kappa shape index (κ3) is 6.63. The van der Waals surface area contributed by atoms with Gasteiger partial charge in [0.2, 0.25) is 15.9 Å². The smallest absolute Gasteiger partial charge is 0.355 e. The number of carbonyl (C=O) groups is 2. The summed E-state index contributed by atoms with van der Waals surface area (Å²) in [5.41, 5.74) is 3.44. The predicted octanol–water partition coefficient (Wildman–Crippen LogP) is 5.28. The van der Waals surface area contributed by atoms with E-state index in [-0.39, 0.29) is 30.5 Å². The predicted molar refractivity (Wildman–Crippen MR) is 173 cm³/mol. The number of anilines is 1. The molecular weight excluding hydrogens is 632 g/mol. The number of hydrogen-bond donors (Lipinski definition) is 3. The summed E-state index contributed by atoms with van der Waals surface area (Å²) < 4.78 is 40.7. The fraction of sp³-hybridized carbons (Fsp3) is 0.364. The number of aliphatic hydroxyl groups is 1. The third-order valence-corrected chi connectivity index (χ3v) is 10.7. The molecule has 3 heterocycles. The molecule has 1 unspecified atom stereocenters. The van der Waals surface area contributed by atoms with E-state index in [2.05, 4.69) is 4.98 Å². The summed E-state index contributed by atoms with van der Waals surface area (Å²) in [5, 5.41) is 27.3. The molecule has 2 fully saturated rings. The van der Waals surface area contributed by atoms with Crippen LogP contribution in [0.5, 0.6) is 0 Å². The minimum atomic E-state index is -4.24. The van der Waals surface area contributed by atoms with E-state index in [0.717, 1.165) is 47.5 Å². The third-order valence-electron chi connectivity index (χ3n) is 8.86. The van der Waals surface area contributed by atoms with Crippen molar-refractivity contribution in [3.8, 4) is 21.8 Å². The van der Waals surface area contributed by atoms with Crippen molar-refractivity contribution in [2.24, 2.45) is 17.0 Å². The number of hydrogen-bond acceptors (Lipinski definition) is 7. The molecule has 1 aliphatic heterocycles. The summed E-state index contributed by atoms with van der Waals surface area (Å²) in [4.78, 5) is 30.5. The first-order valence-electron chi connectivity index (χ1n) is 15.0. The highest BCUT2D eigenvalue weighted by molar-refractivity contribution is 7.89. The van der Waals surface area contributed by atoms with Crippen molar-refractivity contribution in [1.82, 2.24) is 9.55 Å². The molecule has 4 aromatic rings. The molecule has 242 valence electrons. The molecule has 2 aromatic carbocycles. The van der Waals surface area contributed by atoms with Gasteiger partial charge in [-0.1, -0.05) is 18.2 Å². The van der Waals surface area contributed by atoms with E-state index < -0.39 is 32.3 Å². The van der Waals surface area contributed by atoms with E-state index in [9.17, 15) is 32.6 Å². The van der Waals surface area contributed by atoms with Crippen LogP contribution >= 0.6 is 11.3 Å². The Morgan fingerprint density at radius 3 is 2.52 bits per heavy atom. The maximum atomic E-state index is 15.0. The van der Waals surface area contributed by atoms with Crippen LogP contribution in [0.15, 0.2) is 58.8 Å². The zero-order chi connectivity index (χ0) is 33.0. The summed E-state index contributed by atoms with van der Waals surface area (Å²) >= 11 is 1.23. The van der Waals surface area contributed by atoms with Gasteiger partial charge in [0.1, 0.15) is 15.7 Å². The topological polar surface area (TPSA) is 156 Å². The quantitative estimate of drug-likeness (QED) is 0.208. The number of carboxylic acid groups (broad SMARTS) is 1. The fourth-order valence-electron chi connectivity index (χ4n) is 6.10. The Hall–Kier alpha value is -3.91. The summed E-state index contributed by atoms with van der Waals surface area (Å²) in [6.07, 6.45) is 3.68. The highest BCUT2D eigenvalue weighted by atomic mass is 32.2. The molecule has 0 radical (unpaired) electrons.